The molecule has 1 N–H and O–H groups in total. The summed E-state index contributed by atoms with van der Waals surface area (Å²) in [7, 11) is 3.40. The maximum Gasteiger partial charge on any atom is 0.234 e. The summed E-state index contributed by atoms with van der Waals surface area (Å²) in [4.78, 5) is 18.0. The molecule has 1 heterocycles. The quantitative estimate of drug-likeness (QED) is 0.0745. The number of ether oxygens (including phenoxy) is 2. The van der Waals surface area contributed by atoms with Crippen molar-refractivity contribution in [1.82, 2.24) is 15.1 Å². The molecule has 0 saturated carbocycles. The van der Waals surface area contributed by atoms with Gasteiger partial charge in [-0.1, -0.05) is 111 Å². The maximum atomic E-state index is 13.2. The molecule has 5 rings (SSSR count). The molecule has 0 aliphatic carbocycles. The minimum Gasteiger partial charge on any atom is -0.493 e. The number of nitrogens with zero attached hydrogens (tertiary/aromatic N) is 2. The zero-order valence-electron chi connectivity index (χ0n) is 30.2. The Hall–Kier alpha value is -3.78. The van der Waals surface area contributed by atoms with Crippen LogP contribution in [0.1, 0.15) is 66.8 Å². The topological polar surface area (TPSA) is 54.0 Å². The van der Waals surface area contributed by atoms with Gasteiger partial charge in [0, 0.05) is 25.4 Å². The first-order valence-electron chi connectivity index (χ1n) is 18.3. The van der Waals surface area contributed by atoms with Crippen LogP contribution in [0.2, 0.25) is 0 Å². The molecule has 4 aromatic carbocycles. The van der Waals surface area contributed by atoms with Crippen LogP contribution in [0.5, 0.6) is 11.5 Å². The van der Waals surface area contributed by atoms with Crippen molar-refractivity contribution in [2.45, 2.75) is 56.7 Å². The molecular formula is C43H55N3O3S. The molecule has 6 nitrogen and oxygen atoms in total. The van der Waals surface area contributed by atoms with Crippen molar-refractivity contribution in [1.29, 1.82) is 0 Å². The summed E-state index contributed by atoms with van der Waals surface area (Å²) in [5, 5.41) is 3.24. The van der Waals surface area contributed by atoms with Crippen molar-refractivity contribution in [3.8, 4) is 11.5 Å². The molecule has 0 aromatic heterocycles. The predicted molar refractivity (Wildman–Crippen MR) is 208 cm³/mol. The monoisotopic (exact) mass is 693 g/mol. The highest BCUT2D eigenvalue weighted by molar-refractivity contribution is 8.00. The van der Waals surface area contributed by atoms with Gasteiger partial charge in [-0.25, -0.2) is 0 Å². The minimum atomic E-state index is -0.372. The molecule has 1 aliphatic rings. The van der Waals surface area contributed by atoms with E-state index in [1.807, 2.05) is 11.8 Å². The lowest BCUT2D eigenvalue weighted by atomic mass is 9.84. The Morgan fingerprint density at radius 2 is 1.34 bits per heavy atom. The average Bonchev–Trinajstić information content (AvgIpc) is 3.16. The molecule has 1 amide bonds. The number of nitrogens with one attached hydrogen (secondary N) is 1. The molecule has 0 fully saturated rings. The van der Waals surface area contributed by atoms with Crippen LogP contribution in [0.15, 0.2) is 103 Å². The first kappa shape index (κ1) is 37.5. The highest BCUT2D eigenvalue weighted by atomic mass is 32.2. The zero-order chi connectivity index (χ0) is 35.0. The summed E-state index contributed by atoms with van der Waals surface area (Å²) in [5.74, 6) is 2.54. The summed E-state index contributed by atoms with van der Waals surface area (Å²) < 4.78 is 10.7. The fourth-order valence-corrected chi connectivity index (χ4v) is 8.58. The number of unbranched alkanes of at least 4 members (excludes halogenated alkanes) is 3. The van der Waals surface area contributed by atoms with Gasteiger partial charge in [0.25, 0.3) is 0 Å². The molecule has 50 heavy (non-hydrogen) atoms. The third kappa shape index (κ3) is 9.93. The number of benzene rings is 4. The molecule has 0 radical (unpaired) electrons. The molecule has 0 unspecified atom stereocenters. The number of rotatable bonds is 20. The number of carbonyl (C=O) groups is 1. The van der Waals surface area contributed by atoms with Crippen molar-refractivity contribution in [2.24, 2.45) is 0 Å². The first-order valence-corrected chi connectivity index (χ1v) is 19.3. The van der Waals surface area contributed by atoms with E-state index in [0.717, 1.165) is 69.2 Å². The smallest absolute Gasteiger partial charge is 0.234 e. The van der Waals surface area contributed by atoms with Crippen LogP contribution in [-0.4, -0.2) is 74.9 Å². The SMILES string of the molecule is CCCN(CCCCCCN1CCc2cc(OC)c(OC)cc2C1)CC(=O)NCCSC(c1ccccc1)(c1ccccc1)c1ccccc1. The number of fused-ring (bicyclic) bond motifs is 1. The normalized spacial score (nSPS) is 13.2. The Labute approximate surface area is 304 Å². The average molecular weight is 694 g/mol. The highest BCUT2D eigenvalue weighted by Crippen LogP contribution is 2.48. The van der Waals surface area contributed by atoms with Gasteiger partial charge in [-0.15, -0.1) is 11.8 Å². The van der Waals surface area contributed by atoms with Gasteiger partial charge in [-0.3, -0.25) is 14.6 Å². The molecule has 0 saturated heterocycles. The van der Waals surface area contributed by atoms with E-state index in [9.17, 15) is 4.79 Å². The maximum absolute atomic E-state index is 13.2. The van der Waals surface area contributed by atoms with E-state index in [2.05, 4.69) is 125 Å². The first-order chi connectivity index (χ1) is 24.6. The number of amides is 1. The summed E-state index contributed by atoms with van der Waals surface area (Å²) in [6, 6.07) is 36.5. The molecular weight excluding hydrogens is 639 g/mol. The van der Waals surface area contributed by atoms with E-state index in [4.69, 9.17) is 9.47 Å². The van der Waals surface area contributed by atoms with Gasteiger partial charge in [0.1, 0.15) is 0 Å². The number of thioether (sulfide) groups is 1. The van der Waals surface area contributed by atoms with Gasteiger partial charge in [0.2, 0.25) is 5.91 Å². The van der Waals surface area contributed by atoms with Crippen LogP contribution >= 0.6 is 11.8 Å². The van der Waals surface area contributed by atoms with Crippen molar-refractivity contribution in [3.63, 3.8) is 0 Å². The van der Waals surface area contributed by atoms with E-state index in [0.29, 0.717) is 13.1 Å². The standard InChI is InChI=1S/C43H55N3O3S/c1-4-26-45(27-16-5-6-17-28-46-29-24-35-31-40(48-2)41(49-3)32-36(35)33-46)34-42(47)44-25-30-50-43(37-18-10-7-11-19-37,38-20-12-8-13-21-38)39-22-14-9-15-23-39/h7-15,18-23,31-32H,4-6,16-17,24-30,33-34H2,1-3H3,(H,44,47). The van der Waals surface area contributed by atoms with Crippen LogP contribution in [0.4, 0.5) is 0 Å². The van der Waals surface area contributed by atoms with Gasteiger partial charge in [0.05, 0.1) is 25.5 Å². The van der Waals surface area contributed by atoms with Crippen LogP contribution in [0.25, 0.3) is 0 Å². The lowest BCUT2D eigenvalue weighted by molar-refractivity contribution is -0.122. The number of methoxy groups -OCH3 is 2. The van der Waals surface area contributed by atoms with E-state index < -0.39 is 0 Å². The van der Waals surface area contributed by atoms with Crippen molar-refractivity contribution in [3.05, 3.63) is 131 Å². The Morgan fingerprint density at radius 3 is 1.90 bits per heavy atom. The Morgan fingerprint density at radius 1 is 0.780 bits per heavy atom. The van der Waals surface area contributed by atoms with Crippen molar-refractivity contribution >= 4 is 17.7 Å². The molecule has 0 bridgehead atoms. The van der Waals surface area contributed by atoms with Gasteiger partial charge in [0.15, 0.2) is 11.5 Å². The highest BCUT2D eigenvalue weighted by Gasteiger charge is 2.36. The van der Waals surface area contributed by atoms with Crippen molar-refractivity contribution in [2.75, 3.05) is 59.2 Å². The third-order valence-corrected chi connectivity index (χ3v) is 11.2. The molecule has 4 aromatic rings. The Balaban J connectivity index is 1.06. The van der Waals surface area contributed by atoms with Gasteiger partial charge in [-0.05, 0) is 85.3 Å². The Kier molecular flexibility index (Phi) is 14.7. The van der Waals surface area contributed by atoms with Gasteiger partial charge >= 0.3 is 0 Å². The lowest BCUT2D eigenvalue weighted by Gasteiger charge is -2.35. The number of carbonyl (C=O) groups excluding carboxylic acids is 1. The van der Waals surface area contributed by atoms with Crippen LogP contribution in [0.3, 0.4) is 0 Å². The molecule has 0 spiro atoms. The van der Waals surface area contributed by atoms with Crippen LogP contribution < -0.4 is 14.8 Å². The van der Waals surface area contributed by atoms with E-state index in [-0.39, 0.29) is 10.7 Å². The predicted octanol–water partition coefficient (Wildman–Crippen LogP) is 8.18. The fourth-order valence-electron chi connectivity index (χ4n) is 7.17. The van der Waals surface area contributed by atoms with Crippen molar-refractivity contribution < 1.29 is 14.3 Å². The van der Waals surface area contributed by atoms with Crippen LogP contribution in [-0.2, 0) is 22.5 Å². The van der Waals surface area contributed by atoms with Gasteiger partial charge in [-0.2, -0.15) is 0 Å². The molecule has 266 valence electrons. The van der Waals surface area contributed by atoms with Gasteiger partial charge < -0.3 is 14.8 Å². The third-order valence-electron chi connectivity index (χ3n) is 9.69. The summed E-state index contributed by atoms with van der Waals surface area (Å²) in [5.41, 5.74) is 6.45. The second-order valence-corrected chi connectivity index (χ2v) is 14.5. The molecule has 1 aliphatic heterocycles. The van der Waals surface area contributed by atoms with Crippen LogP contribution in [0, 0.1) is 0 Å². The zero-order valence-corrected chi connectivity index (χ0v) is 31.1. The second kappa shape index (κ2) is 19.6. The van der Waals surface area contributed by atoms with E-state index >= 15 is 0 Å². The number of hydrogen-bond donors (Lipinski definition) is 1. The molecule has 7 heteroatoms. The lowest BCUT2D eigenvalue weighted by Crippen LogP contribution is -2.39. The summed E-state index contributed by atoms with van der Waals surface area (Å²) in [6.07, 6.45) is 6.82. The fraction of sp³-hybridized carbons (Fsp3) is 0.419. The number of hydrogen-bond acceptors (Lipinski definition) is 6. The second-order valence-electron chi connectivity index (χ2n) is 13.2. The summed E-state index contributed by atoms with van der Waals surface area (Å²) >= 11 is 1.89. The minimum absolute atomic E-state index is 0.114. The summed E-state index contributed by atoms with van der Waals surface area (Å²) in [6.45, 7) is 8.37. The van der Waals surface area contributed by atoms with E-state index in [1.54, 1.807) is 14.2 Å². The Bertz CT molecular complexity index is 1490. The largest absolute Gasteiger partial charge is 0.493 e. The molecule has 0 atom stereocenters. The van der Waals surface area contributed by atoms with E-state index in [1.165, 1.54) is 47.1 Å².